The Kier molecular flexibility index (Phi) is 7.17. The van der Waals surface area contributed by atoms with Gasteiger partial charge in [-0.1, -0.05) is 6.92 Å². The van der Waals surface area contributed by atoms with Crippen LogP contribution in [0.1, 0.15) is 39.5 Å². The standard InChI is InChI=1S/C18H25N7S2/c1-3-8-19-17(26)24-16-22-14(25-11-5-4-7-13(25)2)12-15(23-16)27-18-20-9-6-10-21-18/h6,9-10,12-13H,3-5,7-8,11H2,1-2H3,(H2,19,22,23,24,26)/t13-/m0/s1. The lowest BCUT2D eigenvalue weighted by atomic mass is 10.0. The average Bonchev–Trinajstić information content (AvgIpc) is 2.67. The molecule has 2 aromatic heterocycles. The quantitative estimate of drug-likeness (QED) is 0.428. The van der Waals surface area contributed by atoms with Gasteiger partial charge in [-0.25, -0.2) is 15.0 Å². The number of nitrogens with zero attached hydrogens (tertiary/aromatic N) is 5. The highest BCUT2D eigenvalue weighted by Gasteiger charge is 2.21. The van der Waals surface area contributed by atoms with Gasteiger partial charge in [0.1, 0.15) is 10.8 Å². The average molecular weight is 404 g/mol. The molecule has 144 valence electrons. The Balaban J connectivity index is 1.85. The second kappa shape index (κ2) is 9.80. The number of aromatic nitrogens is 4. The van der Waals surface area contributed by atoms with Crippen molar-refractivity contribution in [1.29, 1.82) is 0 Å². The Hall–Kier alpha value is -2.00. The van der Waals surface area contributed by atoms with Crippen LogP contribution in [-0.2, 0) is 0 Å². The second-order valence-electron chi connectivity index (χ2n) is 6.44. The molecule has 1 saturated heterocycles. The van der Waals surface area contributed by atoms with E-state index in [0.717, 1.165) is 30.4 Å². The molecule has 1 atom stereocenters. The Labute approximate surface area is 169 Å². The summed E-state index contributed by atoms with van der Waals surface area (Å²) in [4.78, 5) is 20.2. The molecule has 1 aliphatic rings. The van der Waals surface area contributed by atoms with E-state index in [1.165, 1.54) is 31.0 Å². The van der Waals surface area contributed by atoms with E-state index >= 15 is 0 Å². The van der Waals surface area contributed by atoms with Crippen molar-refractivity contribution in [3.05, 3.63) is 24.5 Å². The molecule has 0 unspecified atom stereocenters. The first-order valence-corrected chi connectivity index (χ1v) is 10.5. The fraction of sp³-hybridized carbons (Fsp3) is 0.500. The highest BCUT2D eigenvalue weighted by atomic mass is 32.2. The van der Waals surface area contributed by atoms with Crippen LogP contribution in [0.4, 0.5) is 11.8 Å². The van der Waals surface area contributed by atoms with Crippen LogP contribution in [0.5, 0.6) is 0 Å². The van der Waals surface area contributed by atoms with E-state index in [-0.39, 0.29) is 0 Å². The molecule has 0 aromatic carbocycles. The second-order valence-corrected chi connectivity index (χ2v) is 7.84. The highest BCUT2D eigenvalue weighted by Crippen LogP contribution is 2.29. The van der Waals surface area contributed by atoms with Crippen molar-refractivity contribution in [2.45, 2.75) is 55.8 Å². The van der Waals surface area contributed by atoms with Gasteiger partial charge in [0.05, 0.1) is 0 Å². The fourth-order valence-electron chi connectivity index (χ4n) is 2.92. The smallest absolute Gasteiger partial charge is 0.232 e. The van der Waals surface area contributed by atoms with Crippen molar-refractivity contribution in [3.63, 3.8) is 0 Å². The summed E-state index contributed by atoms with van der Waals surface area (Å²) in [5.41, 5.74) is 0. The molecule has 3 heterocycles. The summed E-state index contributed by atoms with van der Waals surface area (Å²) in [6, 6.07) is 4.27. The molecule has 2 N–H and O–H groups in total. The molecule has 0 spiro atoms. The summed E-state index contributed by atoms with van der Waals surface area (Å²) in [5.74, 6) is 1.41. The molecule has 0 saturated carbocycles. The minimum absolute atomic E-state index is 0.456. The first kappa shape index (κ1) is 19.8. The number of hydrogen-bond donors (Lipinski definition) is 2. The predicted octanol–water partition coefficient (Wildman–Crippen LogP) is 3.49. The summed E-state index contributed by atoms with van der Waals surface area (Å²) in [7, 11) is 0. The van der Waals surface area contributed by atoms with Crippen LogP contribution in [0.2, 0.25) is 0 Å². The molecule has 9 heteroatoms. The monoisotopic (exact) mass is 403 g/mol. The number of piperidine rings is 1. The summed E-state index contributed by atoms with van der Waals surface area (Å²) in [6.07, 6.45) is 8.07. The van der Waals surface area contributed by atoms with Crippen molar-refractivity contribution >= 4 is 40.9 Å². The van der Waals surface area contributed by atoms with Gasteiger partial charge in [0.25, 0.3) is 0 Å². The third-order valence-corrected chi connectivity index (χ3v) is 5.34. The van der Waals surface area contributed by atoms with E-state index in [1.807, 2.05) is 6.07 Å². The van der Waals surface area contributed by atoms with E-state index in [1.54, 1.807) is 18.5 Å². The molecule has 0 radical (unpaired) electrons. The Morgan fingerprint density at radius 2 is 2.11 bits per heavy atom. The van der Waals surface area contributed by atoms with Crippen molar-refractivity contribution < 1.29 is 0 Å². The van der Waals surface area contributed by atoms with Gasteiger partial charge in [0.2, 0.25) is 5.95 Å². The van der Waals surface area contributed by atoms with Gasteiger partial charge >= 0.3 is 0 Å². The maximum atomic E-state index is 5.35. The minimum atomic E-state index is 0.456. The molecular formula is C18H25N7S2. The zero-order chi connectivity index (χ0) is 19.1. The van der Waals surface area contributed by atoms with Crippen molar-refractivity contribution in [2.75, 3.05) is 23.3 Å². The number of nitrogens with one attached hydrogen (secondary N) is 2. The van der Waals surface area contributed by atoms with E-state index in [9.17, 15) is 0 Å². The molecule has 2 aromatic rings. The van der Waals surface area contributed by atoms with Crippen molar-refractivity contribution in [2.24, 2.45) is 0 Å². The van der Waals surface area contributed by atoms with E-state index in [4.69, 9.17) is 17.2 Å². The van der Waals surface area contributed by atoms with Crippen molar-refractivity contribution in [3.8, 4) is 0 Å². The van der Waals surface area contributed by atoms with Crippen LogP contribution in [0.25, 0.3) is 0 Å². The van der Waals surface area contributed by atoms with Gasteiger partial charge in [-0.05, 0) is 62.7 Å². The van der Waals surface area contributed by atoms with Crippen LogP contribution >= 0.6 is 24.0 Å². The maximum Gasteiger partial charge on any atom is 0.232 e. The van der Waals surface area contributed by atoms with E-state index in [0.29, 0.717) is 22.3 Å². The molecular weight excluding hydrogens is 378 g/mol. The molecule has 1 fully saturated rings. The molecule has 7 nitrogen and oxygen atoms in total. The highest BCUT2D eigenvalue weighted by molar-refractivity contribution is 7.99. The number of hydrogen-bond acceptors (Lipinski definition) is 7. The van der Waals surface area contributed by atoms with E-state index in [2.05, 4.69) is 44.3 Å². The van der Waals surface area contributed by atoms with E-state index < -0.39 is 0 Å². The summed E-state index contributed by atoms with van der Waals surface area (Å²) < 4.78 is 0. The lowest BCUT2D eigenvalue weighted by Gasteiger charge is -2.34. The van der Waals surface area contributed by atoms with Crippen LogP contribution in [0.15, 0.2) is 34.7 Å². The van der Waals surface area contributed by atoms with Gasteiger partial charge < -0.3 is 15.5 Å². The molecule has 3 rings (SSSR count). The third-order valence-electron chi connectivity index (χ3n) is 4.29. The SMILES string of the molecule is CCCNC(=S)Nc1nc(Sc2ncccn2)cc(N2CCCC[C@@H]2C)n1. The predicted molar refractivity (Wildman–Crippen MR) is 113 cm³/mol. The molecule has 0 amide bonds. The first-order valence-electron chi connectivity index (χ1n) is 9.31. The van der Waals surface area contributed by atoms with Gasteiger partial charge in [0.15, 0.2) is 10.3 Å². The summed E-state index contributed by atoms with van der Waals surface area (Å²) in [5, 5.41) is 8.26. The van der Waals surface area contributed by atoms with Gasteiger partial charge in [-0.15, -0.1) is 0 Å². The van der Waals surface area contributed by atoms with Crippen molar-refractivity contribution in [1.82, 2.24) is 25.3 Å². The maximum absolute atomic E-state index is 5.35. The molecule has 0 bridgehead atoms. The number of thiocarbonyl (C=S) groups is 1. The van der Waals surface area contributed by atoms with Crippen LogP contribution in [0.3, 0.4) is 0 Å². The fourth-order valence-corrected chi connectivity index (χ4v) is 3.83. The Bertz CT molecular complexity index is 757. The lowest BCUT2D eigenvalue weighted by molar-refractivity contribution is 0.480. The Morgan fingerprint density at radius 3 is 2.85 bits per heavy atom. The largest absolute Gasteiger partial charge is 0.362 e. The summed E-state index contributed by atoms with van der Waals surface area (Å²) >= 11 is 6.77. The number of rotatable bonds is 6. The van der Waals surface area contributed by atoms with Crippen LogP contribution < -0.4 is 15.5 Å². The number of anilines is 2. The molecule has 27 heavy (non-hydrogen) atoms. The lowest BCUT2D eigenvalue weighted by Crippen LogP contribution is -2.38. The first-order chi connectivity index (χ1) is 13.2. The van der Waals surface area contributed by atoms with Gasteiger partial charge in [-0.3, -0.25) is 0 Å². The molecule has 1 aliphatic heterocycles. The van der Waals surface area contributed by atoms with Gasteiger partial charge in [-0.2, -0.15) is 4.98 Å². The summed E-state index contributed by atoms with van der Waals surface area (Å²) in [6.45, 7) is 6.16. The zero-order valence-corrected chi connectivity index (χ0v) is 17.3. The topological polar surface area (TPSA) is 78.9 Å². The minimum Gasteiger partial charge on any atom is -0.362 e. The van der Waals surface area contributed by atoms with Crippen LogP contribution in [-0.4, -0.2) is 44.2 Å². The molecule has 0 aliphatic carbocycles. The Morgan fingerprint density at radius 1 is 1.30 bits per heavy atom. The third kappa shape index (κ3) is 5.74. The normalized spacial score (nSPS) is 16.8. The zero-order valence-electron chi connectivity index (χ0n) is 15.7. The van der Waals surface area contributed by atoms with Crippen LogP contribution in [0, 0.1) is 0 Å². The van der Waals surface area contributed by atoms with Gasteiger partial charge in [0, 0.05) is 37.6 Å².